The molecule has 0 aliphatic heterocycles. The number of anilines is 1. The predicted molar refractivity (Wildman–Crippen MR) is 106 cm³/mol. The monoisotopic (exact) mass is 348 g/mol. The van der Waals surface area contributed by atoms with Crippen LogP contribution in [0.15, 0.2) is 41.8 Å². The molecule has 1 aliphatic carbocycles. The van der Waals surface area contributed by atoms with Crippen molar-refractivity contribution in [2.45, 2.75) is 45.4 Å². The van der Waals surface area contributed by atoms with Crippen LogP contribution >= 0.6 is 11.3 Å². The summed E-state index contributed by atoms with van der Waals surface area (Å²) in [7, 11) is 0. The molecule has 1 heterocycles. The molecule has 3 aromatic rings. The van der Waals surface area contributed by atoms with E-state index in [2.05, 4.69) is 55.6 Å². The number of aromatic nitrogens is 1. The van der Waals surface area contributed by atoms with Gasteiger partial charge >= 0.3 is 0 Å². The number of thiazole rings is 1. The first-order chi connectivity index (χ1) is 12.1. The molecule has 2 aromatic carbocycles. The minimum absolute atomic E-state index is 0.572. The number of aryl methyl sites for hydroxylation is 3. The number of hydrogen-bond donors (Lipinski definition) is 1. The van der Waals surface area contributed by atoms with Gasteiger partial charge in [0.1, 0.15) is 0 Å². The SMILES string of the molecule is Cc1cc(Cc2csc(C3CCc4ccccc4C3)n2)c(C)cc1N. The molecule has 3 heteroatoms. The van der Waals surface area contributed by atoms with Gasteiger partial charge in [-0.1, -0.05) is 30.3 Å². The Morgan fingerprint density at radius 2 is 1.92 bits per heavy atom. The maximum absolute atomic E-state index is 6.01. The van der Waals surface area contributed by atoms with Crippen molar-refractivity contribution < 1.29 is 0 Å². The highest BCUT2D eigenvalue weighted by Crippen LogP contribution is 2.34. The molecule has 25 heavy (non-hydrogen) atoms. The second kappa shape index (κ2) is 6.64. The molecule has 2 N–H and O–H groups in total. The van der Waals surface area contributed by atoms with Crippen LogP contribution in [-0.4, -0.2) is 4.98 Å². The van der Waals surface area contributed by atoms with Crippen LogP contribution in [0.2, 0.25) is 0 Å². The zero-order valence-corrected chi connectivity index (χ0v) is 15.7. The summed E-state index contributed by atoms with van der Waals surface area (Å²) in [6.07, 6.45) is 4.41. The van der Waals surface area contributed by atoms with Crippen molar-refractivity contribution in [1.29, 1.82) is 0 Å². The Labute approximate surface area is 153 Å². The van der Waals surface area contributed by atoms with E-state index in [0.29, 0.717) is 5.92 Å². The van der Waals surface area contributed by atoms with Crippen LogP contribution in [0.4, 0.5) is 5.69 Å². The minimum atomic E-state index is 0.572. The van der Waals surface area contributed by atoms with E-state index in [9.17, 15) is 0 Å². The van der Waals surface area contributed by atoms with Crippen LogP contribution in [0.3, 0.4) is 0 Å². The van der Waals surface area contributed by atoms with Gasteiger partial charge in [-0.3, -0.25) is 0 Å². The maximum Gasteiger partial charge on any atom is 0.0962 e. The van der Waals surface area contributed by atoms with E-state index >= 15 is 0 Å². The number of fused-ring (bicyclic) bond motifs is 1. The summed E-state index contributed by atoms with van der Waals surface area (Å²) in [5.41, 5.74) is 14.8. The van der Waals surface area contributed by atoms with Gasteiger partial charge in [-0.05, 0) is 67.0 Å². The van der Waals surface area contributed by atoms with Crippen LogP contribution < -0.4 is 5.73 Å². The van der Waals surface area contributed by atoms with Gasteiger partial charge in [0.25, 0.3) is 0 Å². The number of rotatable bonds is 3. The van der Waals surface area contributed by atoms with Crippen molar-refractivity contribution >= 4 is 17.0 Å². The number of hydrogen-bond acceptors (Lipinski definition) is 3. The van der Waals surface area contributed by atoms with E-state index in [4.69, 9.17) is 10.7 Å². The Morgan fingerprint density at radius 3 is 2.76 bits per heavy atom. The first-order valence-electron chi connectivity index (χ1n) is 8.97. The Balaban J connectivity index is 1.53. The average molecular weight is 349 g/mol. The summed E-state index contributed by atoms with van der Waals surface area (Å²) in [6, 6.07) is 13.1. The fourth-order valence-electron chi connectivity index (χ4n) is 3.78. The van der Waals surface area contributed by atoms with Crippen molar-refractivity contribution in [3.63, 3.8) is 0 Å². The molecule has 0 saturated carbocycles. The fraction of sp³-hybridized carbons (Fsp3) is 0.318. The normalized spacial score (nSPS) is 16.6. The van der Waals surface area contributed by atoms with Gasteiger partial charge in [0, 0.05) is 23.4 Å². The van der Waals surface area contributed by atoms with E-state index in [0.717, 1.165) is 24.1 Å². The number of nitrogens with two attached hydrogens (primary N) is 1. The summed E-state index contributed by atoms with van der Waals surface area (Å²) >= 11 is 1.83. The third-order valence-electron chi connectivity index (χ3n) is 5.36. The van der Waals surface area contributed by atoms with Crippen molar-refractivity contribution in [2.24, 2.45) is 0 Å². The van der Waals surface area contributed by atoms with Crippen molar-refractivity contribution in [3.8, 4) is 0 Å². The summed E-state index contributed by atoms with van der Waals surface area (Å²) in [5, 5.41) is 3.54. The van der Waals surface area contributed by atoms with Crippen LogP contribution in [0, 0.1) is 13.8 Å². The van der Waals surface area contributed by atoms with Gasteiger partial charge in [0.2, 0.25) is 0 Å². The summed E-state index contributed by atoms with van der Waals surface area (Å²) in [4.78, 5) is 4.98. The fourth-order valence-corrected chi connectivity index (χ4v) is 4.74. The first-order valence-corrected chi connectivity index (χ1v) is 9.85. The van der Waals surface area contributed by atoms with E-state index in [1.807, 2.05) is 11.3 Å². The lowest BCUT2D eigenvalue weighted by Gasteiger charge is -2.22. The van der Waals surface area contributed by atoms with Crippen molar-refractivity contribution in [1.82, 2.24) is 4.98 Å². The molecule has 0 fully saturated rings. The number of benzene rings is 2. The number of nitrogens with zero attached hydrogens (tertiary/aromatic N) is 1. The molecule has 0 amide bonds. The second-order valence-electron chi connectivity index (χ2n) is 7.20. The van der Waals surface area contributed by atoms with Gasteiger partial charge in [-0.2, -0.15) is 0 Å². The molecule has 1 aliphatic rings. The van der Waals surface area contributed by atoms with E-state index in [-0.39, 0.29) is 0 Å². The van der Waals surface area contributed by atoms with Gasteiger partial charge in [0.05, 0.1) is 10.7 Å². The van der Waals surface area contributed by atoms with Crippen LogP contribution in [0.25, 0.3) is 0 Å². The lowest BCUT2D eigenvalue weighted by molar-refractivity contribution is 0.580. The third-order valence-corrected chi connectivity index (χ3v) is 6.42. The van der Waals surface area contributed by atoms with Crippen LogP contribution in [-0.2, 0) is 19.3 Å². The quantitative estimate of drug-likeness (QED) is 0.660. The zero-order valence-electron chi connectivity index (χ0n) is 14.9. The third kappa shape index (κ3) is 3.34. The van der Waals surface area contributed by atoms with Gasteiger partial charge < -0.3 is 5.73 Å². The molecule has 0 radical (unpaired) electrons. The van der Waals surface area contributed by atoms with Crippen molar-refractivity contribution in [2.75, 3.05) is 5.73 Å². The van der Waals surface area contributed by atoms with E-state index < -0.39 is 0 Å². The van der Waals surface area contributed by atoms with Crippen LogP contribution in [0.1, 0.15) is 50.9 Å². The van der Waals surface area contributed by atoms with Gasteiger partial charge in [-0.25, -0.2) is 4.98 Å². The molecule has 1 atom stereocenters. The van der Waals surface area contributed by atoms with Gasteiger partial charge in [-0.15, -0.1) is 11.3 Å². The maximum atomic E-state index is 6.01. The Bertz CT molecular complexity index is 910. The molecule has 0 bridgehead atoms. The largest absolute Gasteiger partial charge is 0.399 e. The molecule has 0 saturated heterocycles. The smallest absolute Gasteiger partial charge is 0.0962 e. The van der Waals surface area contributed by atoms with Crippen molar-refractivity contribution in [3.05, 3.63) is 80.3 Å². The second-order valence-corrected chi connectivity index (χ2v) is 8.09. The number of nitrogen functional groups attached to an aromatic ring is 1. The van der Waals surface area contributed by atoms with E-state index in [1.54, 1.807) is 0 Å². The first kappa shape index (κ1) is 16.3. The highest BCUT2D eigenvalue weighted by Gasteiger charge is 2.22. The Morgan fingerprint density at radius 1 is 1.12 bits per heavy atom. The molecule has 0 spiro atoms. The molecule has 128 valence electrons. The summed E-state index contributed by atoms with van der Waals surface area (Å²) < 4.78 is 0. The Hall–Kier alpha value is -2.13. The minimum Gasteiger partial charge on any atom is -0.399 e. The molecular formula is C22H24N2S. The highest BCUT2D eigenvalue weighted by molar-refractivity contribution is 7.09. The highest BCUT2D eigenvalue weighted by atomic mass is 32.1. The van der Waals surface area contributed by atoms with Gasteiger partial charge in [0.15, 0.2) is 0 Å². The van der Waals surface area contributed by atoms with Crippen LogP contribution in [0.5, 0.6) is 0 Å². The topological polar surface area (TPSA) is 38.9 Å². The molecular weight excluding hydrogens is 324 g/mol. The summed E-state index contributed by atoms with van der Waals surface area (Å²) in [5.74, 6) is 0.572. The zero-order chi connectivity index (χ0) is 17.4. The lowest BCUT2D eigenvalue weighted by Crippen LogP contribution is -2.12. The molecule has 1 aromatic heterocycles. The summed E-state index contributed by atoms with van der Waals surface area (Å²) in [6.45, 7) is 4.21. The average Bonchev–Trinajstić information content (AvgIpc) is 3.08. The standard InChI is InChI=1S/C22H24N2S/c1-14-10-21(23)15(2)9-19(14)12-20-13-25-22(24-20)18-8-7-16-5-3-4-6-17(16)11-18/h3-6,9-10,13,18H,7-8,11-12,23H2,1-2H3. The Kier molecular flexibility index (Phi) is 4.34. The molecule has 2 nitrogen and oxygen atoms in total. The predicted octanol–water partition coefficient (Wildman–Crippen LogP) is 5.21. The lowest BCUT2D eigenvalue weighted by atomic mass is 9.84. The van der Waals surface area contributed by atoms with E-state index in [1.165, 1.54) is 45.8 Å². The molecule has 1 unspecified atom stereocenters. The molecule has 4 rings (SSSR count).